The van der Waals surface area contributed by atoms with Crippen LogP contribution in [-0.2, 0) is 23.9 Å². The number of hydrogen-bond donors (Lipinski definition) is 0. The highest BCUT2D eigenvalue weighted by Crippen LogP contribution is 2.66. The van der Waals surface area contributed by atoms with Crippen molar-refractivity contribution in [1.29, 1.82) is 0 Å². The predicted octanol–water partition coefficient (Wildman–Crippen LogP) is 3.89. The van der Waals surface area contributed by atoms with E-state index < -0.39 is 12.1 Å². The van der Waals surface area contributed by atoms with Crippen LogP contribution < -0.4 is 0 Å². The van der Waals surface area contributed by atoms with E-state index in [1.165, 1.54) is 7.11 Å². The van der Waals surface area contributed by atoms with Gasteiger partial charge in [0.2, 0.25) is 0 Å². The Morgan fingerprint density at radius 2 is 1.90 bits per heavy atom. The van der Waals surface area contributed by atoms with Crippen LogP contribution in [0, 0.1) is 34.5 Å². The van der Waals surface area contributed by atoms with Crippen LogP contribution in [0.1, 0.15) is 65.7 Å². The standard InChI is InChI=1S/C24H34O5/c1-14(25)18-7-8-19-17-6-5-15-11-16(26)12-21(29-22(27)13-28-4)24(15,3)20(17)9-10-23(18,19)2/h11,17-21H,5-10,12-13H2,1-4H3/t17-,18+,19-,20-,21?,23+,24-/m0/s1. The number of Topliss-reactive ketones (excluding diaryl/α,β-unsaturated/α-hetero) is 1. The summed E-state index contributed by atoms with van der Waals surface area (Å²) in [6, 6.07) is 0. The van der Waals surface area contributed by atoms with Crippen LogP contribution in [0.5, 0.6) is 0 Å². The molecule has 4 aliphatic carbocycles. The second-order valence-corrected chi connectivity index (χ2v) is 10.2. The summed E-state index contributed by atoms with van der Waals surface area (Å²) in [6.07, 6.45) is 7.82. The van der Waals surface area contributed by atoms with Crippen molar-refractivity contribution in [3.8, 4) is 0 Å². The quantitative estimate of drug-likeness (QED) is 0.667. The molecule has 1 unspecified atom stereocenters. The van der Waals surface area contributed by atoms with Crippen LogP contribution >= 0.6 is 0 Å². The van der Waals surface area contributed by atoms with E-state index in [1.807, 2.05) is 6.08 Å². The minimum Gasteiger partial charge on any atom is -0.459 e. The number of ether oxygens (including phenoxy) is 2. The molecule has 0 aromatic heterocycles. The molecular formula is C24H34O5. The zero-order valence-electron chi connectivity index (χ0n) is 18.2. The molecule has 0 heterocycles. The molecule has 3 saturated carbocycles. The van der Waals surface area contributed by atoms with Crippen molar-refractivity contribution in [3.05, 3.63) is 11.6 Å². The van der Waals surface area contributed by atoms with E-state index in [4.69, 9.17) is 9.47 Å². The Morgan fingerprint density at radius 1 is 1.14 bits per heavy atom. The van der Waals surface area contributed by atoms with Crippen LogP contribution in [0.2, 0.25) is 0 Å². The molecule has 160 valence electrons. The molecule has 29 heavy (non-hydrogen) atoms. The molecule has 0 bridgehead atoms. The lowest BCUT2D eigenvalue weighted by Gasteiger charge is -2.59. The lowest BCUT2D eigenvalue weighted by atomic mass is 9.46. The molecule has 0 aromatic carbocycles. The van der Waals surface area contributed by atoms with Gasteiger partial charge in [-0.05, 0) is 74.7 Å². The van der Waals surface area contributed by atoms with Gasteiger partial charge < -0.3 is 9.47 Å². The summed E-state index contributed by atoms with van der Waals surface area (Å²) in [5.41, 5.74) is 0.961. The molecule has 3 fully saturated rings. The summed E-state index contributed by atoms with van der Waals surface area (Å²) in [7, 11) is 1.48. The average molecular weight is 403 g/mol. The van der Waals surface area contributed by atoms with E-state index >= 15 is 0 Å². The fourth-order valence-corrected chi connectivity index (χ4v) is 7.73. The second kappa shape index (κ2) is 7.33. The second-order valence-electron chi connectivity index (χ2n) is 10.2. The zero-order chi connectivity index (χ0) is 21.0. The number of carbonyl (C=O) groups excluding carboxylic acids is 3. The highest BCUT2D eigenvalue weighted by molar-refractivity contribution is 5.92. The number of fused-ring (bicyclic) bond motifs is 5. The molecule has 0 radical (unpaired) electrons. The maximum atomic E-state index is 12.4. The summed E-state index contributed by atoms with van der Waals surface area (Å²) >= 11 is 0. The fraction of sp³-hybridized carbons (Fsp3) is 0.792. The molecule has 0 saturated heterocycles. The lowest BCUT2D eigenvalue weighted by Crippen LogP contribution is -2.56. The van der Waals surface area contributed by atoms with Gasteiger partial charge in [-0.25, -0.2) is 4.79 Å². The van der Waals surface area contributed by atoms with E-state index in [0.29, 0.717) is 23.5 Å². The van der Waals surface area contributed by atoms with E-state index in [2.05, 4.69) is 13.8 Å². The highest BCUT2D eigenvalue weighted by Gasteiger charge is 2.62. The van der Waals surface area contributed by atoms with Gasteiger partial charge in [-0.15, -0.1) is 0 Å². The highest BCUT2D eigenvalue weighted by atomic mass is 16.6. The maximum absolute atomic E-state index is 12.4. The third-order valence-corrected chi connectivity index (χ3v) is 9.06. The van der Waals surface area contributed by atoms with Crippen molar-refractivity contribution >= 4 is 17.5 Å². The third kappa shape index (κ3) is 3.11. The SMILES string of the molecule is COCC(=O)OC1CC(=O)C=C2CC[C@H]3[C@@H]4CC[C@H](C(C)=O)[C@@]4(C)CC[C@@H]3[C@]21C. The zero-order valence-corrected chi connectivity index (χ0v) is 18.2. The van der Waals surface area contributed by atoms with Crippen molar-refractivity contribution in [2.45, 2.75) is 71.8 Å². The molecule has 4 aliphatic rings. The van der Waals surface area contributed by atoms with E-state index in [1.54, 1.807) is 6.92 Å². The number of methoxy groups -OCH3 is 1. The van der Waals surface area contributed by atoms with Gasteiger partial charge in [0, 0.05) is 24.9 Å². The first-order chi connectivity index (χ1) is 13.7. The van der Waals surface area contributed by atoms with E-state index in [0.717, 1.165) is 44.1 Å². The Balaban J connectivity index is 1.66. The largest absolute Gasteiger partial charge is 0.459 e. The van der Waals surface area contributed by atoms with Crippen LogP contribution in [0.15, 0.2) is 11.6 Å². The summed E-state index contributed by atoms with van der Waals surface area (Å²) in [5.74, 6) is 1.64. The first-order valence-electron chi connectivity index (χ1n) is 11.1. The number of rotatable bonds is 4. The Hall–Kier alpha value is -1.49. The Labute approximate surface area is 173 Å². The van der Waals surface area contributed by atoms with Gasteiger partial charge in [-0.3, -0.25) is 9.59 Å². The normalized spacial score (nSPS) is 43.7. The number of ketones is 2. The summed E-state index contributed by atoms with van der Waals surface area (Å²) in [4.78, 5) is 36.9. The van der Waals surface area contributed by atoms with Crippen molar-refractivity contribution in [2.75, 3.05) is 13.7 Å². The summed E-state index contributed by atoms with van der Waals surface area (Å²) < 4.78 is 10.8. The minimum absolute atomic E-state index is 0.0595. The van der Waals surface area contributed by atoms with Gasteiger partial charge >= 0.3 is 5.97 Å². The molecule has 0 spiro atoms. The van der Waals surface area contributed by atoms with Gasteiger partial charge in [-0.2, -0.15) is 0 Å². The number of carbonyl (C=O) groups is 3. The first kappa shape index (κ1) is 20.8. The fourth-order valence-electron chi connectivity index (χ4n) is 7.73. The van der Waals surface area contributed by atoms with Crippen molar-refractivity contribution in [1.82, 2.24) is 0 Å². The summed E-state index contributed by atoms with van der Waals surface area (Å²) in [6.45, 7) is 6.22. The molecule has 0 aliphatic heterocycles. The van der Waals surface area contributed by atoms with Crippen LogP contribution in [0.3, 0.4) is 0 Å². The Kier molecular flexibility index (Phi) is 5.25. The van der Waals surface area contributed by atoms with Crippen molar-refractivity contribution in [2.24, 2.45) is 34.5 Å². The molecule has 5 heteroatoms. The number of hydrogen-bond acceptors (Lipinski definition) is 5. The van der Waals surface area contributed by atoms with Gasteiger partial charge in [0.15, 0.2) is 5.78 Å². The number of esters is 1. The molecular weight excluding hydrogens is 368 g/mol. The van der Waals surface area contributed by atoms with E-state index in [9.17, 15) is 14.4 Å². The molecule has 4 rings (SSSR count). The maximum Gasteiger partial charge on any atom is 0.332 e. The molecule has 7 atom stereocenters. The Bertz CT molecular complexity index is 754. The van der Waals surface area contributed by atoms with Gasteiger partial charge in [0.1, 0.15) is 18.5 Å². The van der Waals surface area contributed by atoms with E-state index in [-0.39, 0.29) is 35.6 Å². The average Bonchev–Trinajstić information content (AvgIpc) is 3.00. The van der Waals surface area contributed by atoms with Crippen LogP contribution in [0.4, 0.5) is 0 Å². The third-order valence-electron chi connectivity index (χ3n) is 9.06. The Morgan fingerprint density at radius 3 is 2.59 bits per heavy atom. The smallest absolute Gasteiger partial charge is 0.332 e. The molecule has 0 N–H and O–H groups in total. The minimum atomic E-state index is -0.417. The van der Waals surface area contributed by atoms with Gasteiger partial charge in [-0.1, -0.05) is 19.4 Å². The summed E-state index contributed by atoms with van der Waals surface area (Å²) in [5, 5.41) is 0. The molecule has 0 amide bonds. The topological polar surface area (TPSA) is 69.7 Å². The monoisotopic (exact) mass is 402 g/mol. The van der Waals surface area contributed by atoms with Crippen molar-refractivity contribution in [3.63, 3.8) is 0 Å². The van der Waals surface area contributed by atoms with Gasteiger partial charge in [0.05, 0.1) is 0 Å². The van der Waals surface area contributed by atoms with Crippen LogP contribution in [-0.4, -0.2) is 37.4 Å². The van der Waals surface area contributed by atoms with Crippen molar-refractivity contribution < 1.29 is 23.9 Å². The first-order valence-corrected chi connectivity index (χ1v) is 11.1. The van der Waals surface area contributed by atoms with Gasteiger partial charge in [0.25, 0.3) is 0 Å². The van der Waals surface area contributed by atoms with Crippen LogP contribution in [0.25, 0.3) is 0 Å². The lowest BCUT2D eigenvalue weighted by molar-refractivity contribution is -0.170. The molecule has 5 nitrogen and oxygen atoms in total. The molecule has 0 aromatic rings. The predicted molar refractivity (Wildman–Crippen MR) is 108 cm³/mol.